The number of carbonyl (C=O) groups is 1. The van der Waals surface area contributed by atoms with Gasteiger partial charge in [0.15, 0.2) is 0 Å². The van der Waals surface area contributed by atoms with Crippen molar-refractivity contribution in [3.05, 3.63) is 51.5 Å². The van der Waals surface area contributed by atoms with E-state index in [1.165, 1.54) is 0 Å². The summed E-state index contributed by atoms with van der Waals surface area (Å²) in [7, 11) is 0. The number of carbonyl (C=O) groups excluding carboxylic acids is 1. The number of para-hydroxylation sites is 2. The fourth-order valence-corrected chi connectivity index (χ4v) is 3.30. The van der Waals surface area contributed by atoms with Gasteiger partial charge in [0, 0.05) is 9.75 Å². The van der Waals surface area contributed by atoms with Crippen LogP contribution < -0.4 is 5.32 Å². The van der Waals surface area contributed by atoms with Gasteiger partial charge >= 0.3 is 0 Å². The topological polar surface area (TPSA) is 57.8 Å². The highest BCUT2D eigenvalue weighted by Gasteiger charge is 2.17. The Labute approximate surface area is 127 Å². The van der Waals surface area contributed by atoms with Gasteiger partial charge in [-0.1, -0.05) is 12.1 Å². The van der Waals surface area contributed by atoms with Crippen molar-refractivity contribution in [1.29, 1.82) is 0 Å². The number of thiophene rings is 1. The molecule has 1 amide bonds. The third-order valence-corrected chi connectivity index (χ3v) is 4.42. The molecule has 2 heterocycles. The quantitative estimate of drug-likeness (QED) is 0.774. The Morgan fingerprint density at radius 2 is 2.10 bits per heavy atom. The van der Waals surface area contributed by atoms with Crippen molar-refractivity contribution in [3.63, 3.8) is 0 Å². The molecule has 0 saturated carbocycles. The molecule has 1 atom stereocenters. The van der Waals surface area contributed by atoms with Crippen LogP contribution in [-0.4, -0.2) is 15.9 Å². The number of aryl methyl sites for hydroxylation is 2. The molecule has 3 aromatic rings. The van der Waals surface area contributed by atoms with Gasteiger partial charge in [0.1, 0.15) is 5.82 Å². The van der Waals surface area contributed by atoms with Gasteiger partial charge in [0.2, 0.25) is 0 Å². The van der Waals surface area contributed by atoms with Crippen molar-refractivity contribution >= 4 is 28.3 Å². The molecule has 0 spiro atoms. The first-order valence-corrected chi connectivity index (χ1v) is 7.69. The molecular weight excluding hydrogens is 282 g/mol. The van der Waals surface area contributed by atoms with E-state index in [1.807, 2.05) is 51.1 Å². The average molecular weight is 299 g/mol. The second-order valence-electron chi connectivity index (χ2n) is 5.16. The summed E-state index contributed by atoms with van der Waals surface area (Å²) >= 11 is 1.64. The van der Waals surface area contributed by atoms with Crippen molar-refractivity contribution in [2.45, 2.75) is 26.8 Å². The third kappa shape index (κ3) is 2.69. The number of amides is 1. The molecule has 5 heteroatoms. The molecule has 0 aliphatic heterocycles. The summed E-state index contributed by atoms with van der Waals surface area (Å²) < 4.78 is 0. The largest absolute Gasteiger partial charge is 0.342 e. The zero-order valence-electron chi connectivity index (χ0n) is 12.2. The number of H-pyrrole nitrogens is 1. The fourth-order valence-electron chi connectivity index (χ4n) is 2.38. The van der Waals surface area contributed by atoms with Crippen molar-refractivity contribution in [2.75, 3.05) is 0 Å². The fraction of sp³-hybridized carbons (Fsp3) is 0.250. The van der Waals surface area contributed by atoms with Gasteiger partial charge < -0.3 is 10.3 Å². The van der Waals surface area contributed by atoms with E-state index in [1.54, 1.807) is 11.3 Å². The highest BCUT2D eigenvalue weighted by atomic mass is 32.1. The first-order chi connectivity index (χ1) is 10.0. The van der Waals surface area contributed by atoms with Crippen molar-refractivity contribution in [1.82, 2.24) is 15.3 Å². The minimum Gasteiger partial charge on any atom is -0.342 e. The maximum atomic E-state index is 12.3. The van der Waals surface area contributed by atoms with E-state index in [-0.39, 0.29) is 11.9 Å². The maximum Gasteiger partial charge on any atom is 0.252 e. The number of hydrogen-bond donors (Lipinski definition) is 2. The smallest absolute Gasteiger partial charge is 0.252 e. The van der Waals surface area contributed by atoms with E-state index >= 15 is 0 Å². The Morgan fingerprint density at radius 1 is 1.33 bits per heavy atom. The number of imidazole rings is 1. The Bertz CT molecular complexity index is 770. The van der Waals surface area contributed by atoms with E-state index in [0.29, 0.717) is 0 Å². The highest BCUT2D eigenvalue weighted by molar-refractivity contribution is 7.12. The molecule has 0 fully saturated rings. The Hall–Kier alpha value is -2.14. The van der Waals surface area contributed by atoms with Gasteiger partial charge in [-0.05, 0) is 39.0 Å². The van der Waals surface area contributed by atoms with Crippen LogP contribution in [0.25, 0.3) is 11.0 Å². The molecule has 0 aliphatic rings. The lowest BCUT2D eigenvalue weighted by atomic mass is 10.2. The van der Waals surface area contributed by atoms with Crippen molar-refractivity contribution in [3.8, 4) is 0 Å². The Balaban J connectivity index is 1.81. The summed E-state index contributed by atoms with van der Waals surface area (Å²) in [5.74, 6) is 0.721. The lowest BCUT2D eigenvalue weighted by Gasteiger charge is -2.11. The molecule has 0 unspecified atom stereocenters. The molecule has 3 rings (SSSR count). The molecule has 1 aromatic carbocycles. The van der Waals surface area contributed by atoms with E-state index in [0.717, 1.165) is 32.2 Å². The van der Waals surface area contributed by atoms with Crippen LogP contribution in [0.3, 0.4) is 0 Å². The lowest BCUT2D eigenvalue weighted by molar-refractivity contribution is 0.0938. The maximum absolute atomic E-state index is 12.3. The first-order valence-electron chi connectivity index (χ1n) is 6.87. The second kappa shape index (κ2) is 5.33. The second-order valence-corrected chi connectivity index (χ2v) is 6.62. The Morgan fingerprint density at radius 3 is 2.76 bits per heavy atom. The van der Waals surface area contributed by atoms with E-state index in [2.05, 4.69) is 15.3 Å². The molecule has 2 N–H and O–H groups in total. The molecule has 0 saturated heterocycles. The molecule has 4 nitrogen and oxygen atoms in total. The molecule has 21 heavy (non-hydrogen) atoms. The molecular formula is C16H17N3OS. The predicted molar refractivity (Wildman–Crippen MR) is 85.8 cm³/mol. The zero-order chi connectivity index (χ0) is 15.0. The number of hydrogen-bond acceptors (Lipinski definition) is 3. The minimum atomic E-state index is -0.162. The van der Waals surface area contributed by atoms with Gasteiger partial charge in [-0.15, -0.1) is 11.3 Å². The van der Waals surface area contributed by atoms with E-state index in [9.17, 15) is 4.79 Å². The van der Waals surface area contributed by atoms with E-state index in [4.69, 9.17) is 0 Å². The summed E-state index contributed by atoms with van der Waals surface area (Å²) in [5, 5.41) is 3.00. The summed E-state index contributed by atoms with van der Waals surface area (Å²) in [6.07, 6.45) is 0. The summed E-state index contributed by atoms with van der Waals surface area (Å²) in [6, 6.07) is 9.62. The monoisotopic (exact) mass is 299 g/mol. The Kier molecular flexibility index (Phi) is 3.51. The first kappa shape index (κ1) is 13.8. The number of nitrogens with one attached hydrogen (secondary N) is 2. The third-order valence-electron chi connectivity index (χ3n) is 3.45. The van der Waals surface area contributed by atoms with E-state index < -0.39 is 0 Å². The molecule has 0 bridgehead atoms. The zero-order valence-corrected chi connectivity index (χ0v) is 13.0. The normalized spacial score (nSPS) is 12.5. The number of nitrogens with zero attached hydrogens (tertiary/aromatic N) is 1. The van der Waals surface area contributed by atoms with Crippen LogP contribution in [0.2, 0.25) is 0 Å². The van der Waals surface area contributed by atoms with Crippen LogP contribution in [0.1, 0.15) is 38.9 Å². The van der Waals surface area contributed by atoms with Crippen LogP contribution >= 0.6 is 11.3 Å². The van der Waals surface area contributed by atoms with Gasteiger partial charge in [0.25, 0.3) is 5.91 Å². The summed E-state index contributed by atoms with van der Waals surface area (Å²) in [5.41, 5.74) is 2.65. The average Bonchev–Trinajstić information content (AvgIpc) is 3.01. The predicted octanol–water partition coefficient (Wildman–Crippen LogP) is 3.73. The highest BCUT2D eigenvalue weighted by Crippen LogP contribution is 2.22. The summed E-state index contributed by atoms with van der Waals surface area (Å²) in [4.78, 5) is 22.3. The minimum absolute atomic E-state index is 0.0511. The number of aromatic nitrogens is 2. The van der Waals surface area contributed by atoms with Crippen LogP contribution in [0.5, 0.6) is 0 Å². The van der Waals surface area contributed by atoms with Gasteiger partial charge in [-0.3, -0.25) is 4.79 Å². The van der Waals surface area contributed by atoms with Crippen molar-refractivity contribution in [2.24, 2.45) is 0 Å². The van der Waals surface area contributed by atoms with Gasteiger partial charge in [0.05, 0.1) is 22.6 Å². The SMILES string of the molecule is Cc1cc(C(=O)N[C@@H](C)c2nc3ccccc3[nH]2)c(C)s1. The van der Waals surface area contributed by atoms with Crippen molar-refractivity contribution < 1.29 is 4.79 Å². The standard InChI is InChI=1S/C16H17N3OS/c1-9-8-12(11(3)21-9)16(20)17-10(2)15-18-13-6-4-5-7-14(13)19-15/h4-8,10H,1-3H3,(H,17,20)(H,18,19)/t10-/m0/s1. The van der Waals surface area contributed by atoms with Gasteiger partial charge in [-0.2, -0.15) is 0 Å². The molecule has 0 aliphatic carbocycles. The van der Waals surface area contributed by atoms with Crippen LogP contribution in [0, 0.1) is 13.8 Å². The molecule has 0 radical (unpaired) electrons. The van der Waals surface area contributed by atoms with Gasteiger partial charge in [-0.25, -0.2) is 4.98 Å². The lowest BCUT2D eigenvalue weighted by Crippen LogP contribution is -2.27. The van der Waals surface area contributed by atoms with Crippen LogP contribution in [0.15, 0.2) is 30.3 Å². The van der Waals surface area contributed by atoms with Crippen LogP contribution in [-0.2, 0) is 0 Å². The molecule has 2 aromatic heterocycles. The number of benzene rings is 1. The number of aromatic amines is 1. The number of fused-ring (bicyclic) bond motifs is 1. The van der Waals surface area contributed by atoms with Crippen LogP contribution in [0.4, 0.5) is 0 Å². The molecule has 108 valence electrons. The summed E-state index contributed by atoms with van der Waals surface area (Å²) in [6.45, 7) is 5.92. The number of rotatable bonds is 3.